The molecule has 66 valence electrons. The first kappa shape index (κ1) is 10.6. The molecule has 0 rings (SSSR count). The van der Waals surface area contributed by atoms with Gasteiger partial charge in [-0.1, -0.05) is 19.8 Å². The topological polar surface area (TPSA) is 26.3 Å². The standard InChI is InChI=1S/C9H18O2/c1-4-5-6-9(2,11-3)7-8-10/h8H,4-7H2,1-3H3. The summed E-state index contributed by atoms with van der Waals surface area (Å²) >= 11 is 0. The van der Waals surface area contributed by atoms with Crippen molar-refractivity contribution in [2.75, 3.05) is 7.11 Å². The molecule has 0 fully saturated rings. The zero-order valence-corrected chi connectivity index (χ0v) is 7.72. The van der Waals surface area contributed by atoms with Gasteiger partial charge in [0.15, 0.2) is 0 Å². The van der Waals surface area contributed by atoms with Crippen LogP contribution in [0.15, 0.2) is 0 Å². The quantitative estimate of drug-likeness (QED) is 0.554. The summed E-state index contributed by atoms with van der Waals surface area (Å²) in [6.45, 7) is 4.12. The Morgan fingerprint density at radius 2 is 2.18 bits per heavy atom. The van der Waals surface area contributed by atoms with Crippen LogP contribution in [0.2, 0.25) is 0 Å². The van der Waals surface area contributed by atoms with E-state index in [0.717, 1.165) is 25.5 Å². The van der Waals surface area contributed by atoms with Gasteiger partial charge in [-0.3, -0.25) is 0 Å². The van der Waals surface area contributed by atoms with Crippen LogP contribution < -0.4 is 0 Å². The number of hydrogen-bond donors (Lipinski definition) is 0. The highest BCUT2D eigenvalue weighted by atomic mass is 16.5. The second-order valence-corrected chi connectivity index (χ2v) is 3.13. The fourth-order valence-electron chi connectivity index (χ4n) is 1.01. The normalized spacial score (nSPS) is 15.9. The van der Waals surface area contributed by atoms with Crippen molar-refractivity contribution in [3.63, 3.8) is 0 Å². The van der Waals surface area contributed by atoms with Crippen molar-refractivity contribution < 1.29 is 9.53 Å². The van der Waals surface area contributed by atoms with Gasteiger partial charge in [-0.2, -0.15) is 0 Å². The summed E-state index contributed by atoms with van der Waals surface area (Å²) in [4.78, 5) is 10.3. The lowest BCUT2D eigenvalue weighted by molar-refractivity contribution is -0.113. The average molecular weight is 158 g/mol. The van der Waals surface area contributed by atoms with Crippen molar-refractivity contribution in [2.45, 2.75) is 45.1 Å². The number of carbonyl (C=O) groups is 1. The highest BCUT2D eigenvalue weighted by Gasteiger charge is 2.21. The van der Waals surface area contributed by atoms with E-state index in [1.54, 1.807) is 7.11 Å². The molecule has 0 aliphatic rings. The van der Waals surface area contributed by atoms with E-state index in [0.29, 0.717) is 6.42 Å². The average Bonchev–Trinajstić information content (AvgIpc) is 2.02. The Kier molecular flexibility index (Phi) is 5.12. The number of carbonyl (C=O) groups excluding carboxylic acids is 1. The first-order chi connectivity index (χ1) is 5.18. The van der Waals surface area contributed by atoms with Gasteiger partial charge in [0.2, 0.25) is 0 Å². The number of ether oxygens (including phenoxy) is 1. The number of unbranched alkanes of at least 4 members (excludes halogenated alkanes) is 1. The molecule has 2 heteroatoms. The van der Waals surface area contributed by atoms with Crippen LogP contribution in [-0.2, 0) is 9.53 Å². The molecule has 1 unspecified atom stereocenters. The zero-order valence-electron chi connectivity index (χ0n) is 7.72. The Labute approximate surface area is 68.9 Å². The SMILES string of the molecule is CCCCC(C)(CC=O)OC. The Hall–Kier alpha value is -0.370. The van der Waals surface area contributed by atoms with Crippen molar-refractivity contribution >= 4 is 6.29 Å². The largest absolute Gasteiger partial charge is 0.378 e. The Morgan fingerprint density at radius 1 is 1.55 bits per heavy atom. The summed E-state index contributed by atoms with van der Waals surface area (Å²) < 4.78 is 5.25. The van der Waals surface area contributed by atoms with Gasteiger partial charge >= 0.3 is 0 Å². The highest BCUT2D eigenvalue weighted by Crippen LogP contribution is 2.20. The maximum Gasteiger partial charge on any atom is 0.122 e. The van der Waals surface area contributed by atoms with Crippen LogP contribution in [0.25, 0.3) is 0 Å². The predicted octanol–water partition coefficient (Wildman–Crippen LogP) is 2.17. The van der Waals surface area contributed by atoms with Gasteiger partial charge in [-0.25, -0.2) is 0 Å². The third-order valence-electron chi connectivity index (χ3n) is 2.07. The second-order valence-electron chi connectivity index (χ2n) is 3.13. The molecule has 0 aromatic heterocycles. The van der Waals surface area contributed by atoms with Gasteiger partial charge < -0.3 is 9.53 Å². The Balaban J connectivity index is 3.77. The maximum absolute atomic E-state index is 10.3. The lowest BCUT2D eigenvalue weighted by Gasteiger charge is -2.25. The molecule has 0 saturated carbocycles. The summed E-state index contributed by atoms with van der Waals surface area (Å²) in [6.07, 6.45) is 4.68. The molecular formula is C9H18O2. The lowest BCUT2D eigenvalue weighted by Crippen LogP contribution is -2.27. The van der Waals surface area contributed by atoms with Gasteiger partial charge in [0, 0.05) is 13.5 Å². The minimum atomic E-state index is -0.224. The molecule has 0 aliphatic heterocycles. The van der Waals surface area contributed by atoms with Gasteiger partial charge in [0.25, 0.3) is 0 Å². The van der Waals surface area contributed by atoms with Crippen molar-refractivity contribution in [3.05, 3.63) is 0 Å². The van der Waals surface area contributed by atoms with E-state index in [1.807, 2.05) is 6.92 Å². The van der Waals surface area contributed by atoms with Gasteiger partial charge in [-0.05, 0) is 13.3 Å². The molecule has 0 saturated heterocycles. The van der Waals surface area contributed by atoms with E-state index in [4.69, 9.17) is 4.74 Å². The van der Waals surface area contributed by atoms with E-state index in [9.17, 15) is 4.79 Å². The number of rotatable bonds is 6. The minimum Gasteiger partial charge on any atom is -0.378 e. The van der Waals surface area contributed by atoms with Crippen LogP contribution >= 0.6 is 0 Å². The fraction of sp³-hybridized carbons (Fsp3) is 0.889. The monoisotopic (exact) mass is 158 g/mol. The minimum absolute atomic E-state index is 0.224. The summed E-state index contributed by atoms with van der Waals surface area (Å²) in [5, 5.41) is 0. The molecule has 1 atom stereocenters. The van der Waals surface area contributed by atoms with Gasteiger partial charge in [-0.15, -0.1) is 0 Å². The summed E-state index contributed by atoms with van der Waals surface area (Å²) in [7, 11) is 1.67. The van der Waals surface area contributed by atoms with Crippen LogP contribution in [0.3, 0.4) is 0 Å². The number of aldehydes is 1. The van der Waals surface area contributed by atoms with E-state index in [-0.39, 0.29) is 5.60 Å². The van der Waals surface area contributed by atoms with Crippen LogP contribution in [0.4, 0.5) is 0 Å². The summed E-state index contributed by atoms with van der Waals surface area (Å²) in [5.41, 5.74) is -0.224. The van der Waals surface area contributed by atoms with E-state index >= 15 is 0 Å². The Morgan fingerprint density at radius 3 is 2.55 bits per heavy atom. The predicted molar refractivity (Wildman–Crippen MR) is 45.6 cm³/mol. The van der Waals surface area contributed by atoms with Gasteiger partial charge in [0.05, 0.1) is 5.60 Å². The fourth-order valence-corrected chi connectivity index (χ4v) is 1.01. The van der Waals surface area contributed by atoms with E-state index in [2.05, 4.69) is 6.92 Å². The van der Waals surface area contributed by atoms with Crippen molar-refractivity contribution in [3.8, 4) is 0 Å². The summed E-state index contributed by atoms with van der Waals surface area (Å²) in [5.74, 6) is 0. The second kappa shape index (κ2) is 5.30. The molecule has 0 spiro atoms. The molecule has 0 N–H and O–H groups in total. The van der Waals surface area contributed by atoms with Crippen molar-refractivity contribution in [1.82, 2.24) is 0 Å². The van der Waals surface area contributed by atoms with Crippen LogP contribution in [-0.4, -0.2) is 19.0 Å². The van der Waals surface area contributed by atoms with Crippen LogP contribution in [0, 0.1) is 0 Å². The van der Waals surface area contributed by atoms with Gasteiger partial charge in [0.1, 0.15) is 6.29 Å². The molecule has 0 amide bonds. The lowest BCUT2D eigenvalue weighted by atomic mass is 9.96. The molecule has 11 heavy (non-hydrogen) atoms. The van der Waals surface area contributed by atoms with E-state index in [1.165, 1.54) is 0 Å². The number of hydrogen-bond acceptors (Lipinski definition) is 2. The van der Waals surface area contributed by atoms with E-state index < -0.39 is 0 Å². The molecule has 2 nitrogen and oxygen atoms in total. The molecule has 0 heterocycles. The first-order valence-corrected chi connectivity index (χ1v) is 4.17. The molecular weight excluding hydrogens is 140 g/mol. The molecule has 0 radical (unpaired) electrons. The van der Waals surface area contributed by atoms with Crippen LogP contribution in [0.1, 0.15) is 39.5 Å². The first-order valence-electron chi connectivity index (χ1n) is 4.17. The molecule has 0 aromatic carbocycles. The third kappa shape index (κ3) is 4.14. The third-order valence-corrected chi connectivity index (χ3v) is 2.07. The molecule has 0 aromatic rings. The zero-order chi connectivity index (χ0) is 8.74. The van der Waals surface area contributed by atoms with Crippen molar-refractivity contribution in [1.29, 1.82) is 0 Å². The highest BCUT2D eigenvalue weighted by molar-refractivity contribution is 5.51. The van der Waals surface area contributed by atoms with Crippen LogP contribution in [0.5, 0.6) is 0 Å². The Bertz CT molecular complexity index is 112. The molecule has 0 bridgehead atoms. The smallest absolute Gasteiger partial charge is 0.122 e. The summed E-state index contributed by atoms with van der Waals surface area (Å²) in [6, 6.07) is 0. The maximum atomic E-state index is 10.3. The molecule has 0 aliphatic carbocycles. The number of methoxy groups -OCH3 is 1. The van der Waals surface area contributed by atoms with Crippen molar-refractivity contribution in [2.24, 2.45) is 0 Å².